The molecule has 666 valence electrons. The SMILES string of the molecule is O=C(O)[C@@]1(O)C[C@@H](O)[C@@H](O[C@H]2O[C@H]([C@H](CO)O[C@H]3O[C@H](CO)[C@@H](O)[C@H](O)[C@H]3O)[C@@H](O[C@@H]3O[C@H](CO[C@H]4O[C@H]([C@@H](CO)O[C@H]5O[C@H]([C@H](O)CO[C@@H]6O[C@H](CO)[C@H](O)[C@H](O)[C@H]6O)[C@@H](O)[C@H](O)[C@@H]5O)[C@@H](O)[C@H](O)[C@@H]4O)[C@@H](O)[C@H](O)[C@H]3O)[C@H](O[C@H]3O[C@H]([C@@H](O)CO)[C@@H](O)[C@H](O)[C@@H]3O[C@H]3O[C@H]([C@@H](O)CO)[C@@H](O)[C@H](O)[C@@H]3O)[C@@H]2O)[C@@H]([C@H](O)CO)O1. The van der Waals surface area contributed by atoms with Crippen molar-refractivity contribution in [1.82, 2.24) is 0 Å². The van der Waals surface area contributed by atoms with E-state index in [0.29, 0.717) is 0 Å². The Morgan fingerprint density at radius 1 is 0.316 bits per heavy atom. The summed E-state index contributed by atoms with van der Waals surface area (Å²) in [6.07, 6.45) is -116. The zero-order valence-electron chi connectivity index (χ0n) is 59.4. The maximum atomic E-state index is 12.9. The number of hydrogen-bond acceptors (Lipinski definition) is 52. The number of carboxylic acids is 1. The molecule has 9 rings (SSSR count). The molecule has 35 N–H and O–H groups in total. The van der Waals surface area contributed by atoms with Crippen LogP contribution in [0.2, 0.25) is 0 Å². The third-order valence-corrected chi connectivity index (χ3v) is 21.0. The molecule has 9 aliphatic heterocycles. The summed E-state index contributed by atoms with van der Waals surface area (Å²) in [5.41, 5.74) is 0. The Balaban J connectivity index is 1.06. The summed E-state index contributed by atoms with van der Waals surface area (Å²) >= 11 is 0. The molecule has 53 heteroatoms. The Hall–Kier alpha value is -2.57. The van der Waals surface area contributed by atoms with Gasteiger partial charge in [-0.1, -0.05) is 0 Å². The van der Waals surface area contributed by atoms with Crippen molar-refractivity contribution >= 4 is 5.97 Å². The largest absolute Gasteiger partial charge is 0.477 e. The Bertz CT molecular complexity index is 2910. The molecule has 0 saturated carbocycles. The molecule has 0 amide bonds. The summed E-state index contributed by atoms with van der Waals surface area (Å²) in [4.78, 5) is 12.3. The fraction of sp³-hybridized carbons (Fsp3) is 0.984. The van der Waals surface area contributed by atoms with Crippen molar-refractivity contribution in [2.75, 3.05) is 59.5 Å². The Morgan fingerprint density at radius 2 is 0.658 bits per heavy atom. The number of carboxylic acid groups (broad SMARTS) is 1. The Kier molecular flexibility index (Phi) is 33.9. The lowest BCUT2D eigenvalue weighted by atomic mass is 9.91. The first-order valence-corrected chi connectivity index (χ1v) is 35.7. The van der Waals surface area contributed by atoms with Crippen molar-refractivity contribution in [3.8, 4) is 0 Å². The molecule has 9 heterocycles. The second kappa shape index (κ2) is 40.6. The predicted octanol–water partition coefficient (Wildman–Crippen LogP) is -24.0. The molecule has 0 radical (unpaired) electrons. The molecule has 114 heavy (non-hydrogen) atoms. The highest BCUT2D eigenvalue weighted by molar-refractivity contribution is 5.75. The lowest BCUT2D eigenvalue weighted by Gasteiger charge is -2.53. The molecule has 0 aromatic carbocycles. The van der Waals surface area contributed by atoms with E-state index in [4.69, 9.17) is 80.5 Å². The lowest BCUT2D eigenvalue weighted by Crippen LogP contribution is -2.71. The van der Waals surface area contributed by atoms with E-state index in [1.54, 1.807) is 0 Å². The van der Waals surface area contributed by atoms with Gasteiger partial charge in [0.05, 0.1) is 65.6 Å². The van der Waals surface area contributed by atoms with Gasteiger partial charge in [-0.05, 0) is 0 Å². The normalized spacial score (nSPS) is 50.2. The van der Waals surface area contributed by atoms with Gasteiger partial charge in [-0.25, -0.2) is 4.79 Å². The fourth-order valence-electron chi connectivity index (χ4n) is 14.3. The molecular weight excluding hydrogens is 1580 g/mol. The van der Waals surface area contributed by atoms with E-state index in [1.807, 2.05) is 0 Å². The van der Waals surface area contributed by atoms with Crippen LogP contribution in [0.1, 0.15) is 6.42 Å². The standard InChI is InChI=1S/C61H104O53/c62-2-12(70)42-30(83)27(80)40(93)57(105-42)112-50-34(87)33(86)43(13(71)3-63)107-59(50)111-49-41(94)58(108-45-11(69)1-61(97,60(95)96)114-46(45)14(72)4-64)110-48(19(8-68)103-54-37(90)25(78)22(75)17(6-66)101-54)51(49)113-56-38(91)26(79)23(76)20(104-56)10-99-53-36(89)29(82)32(85)47(109-53)18(7-67)102-55-39(92)28(81)31(84)44(106-55)15(73)9-98-52-35(88)24(77)21(74)16(5-65)100-52/h11-59,62-94,97H,1-10H2,(H,95,96)/t11-,12+,13+,14-,15-,16-,17-,18-,19+,20-,21+,22-,23-,24+,25+,26+,27+,28+,29+,30+,31+,32+,33+,34+,35-,36+,37-,38-,39+,40+,41+,42-,43-,44-,45-,46-,47-,48-,49-,50+,51-,52-,53+,54-,55+,56+,57-,58+,59-,61-/m1/s1. The van der Waals surface area contributed by atoms with Crippen molar-refractivity contribution < 1.29 is 264 Å². The van der Waals surface area contributed by atoms with Gasteiger partial charge >= 0.3 is 5.97 Å². The topological polar surface area (TPSA) is 882 Å². The van der Waals surface area contributed by atoms with Crippen molar-refractivity contribution in [3.05, 3.63) is 0 Å². The molecular formula is C61H104O53. The minimum absolute atomic E-state index is 0.894. The number of carbonyl (C=O) groups is 1. The van der Waals surface area contributed by atoms with Crippen LogP contribution in [0.15, 0.2) is 0 Å². The van der Waals surface area contributed by atoms with Crippen LogP contribution in [-0.2, 0) is 85.3 Å². The number of aliphatic hydroxyl groups is 34. The van der Waals surface area contributed by atoms with Crippen LogP contribution in [0.3, 0.4) is 0 Å². The predicted molar refractivity (Wildman–Crippen MR) is 338 cm³/mol. The highest BCUT2D eigenvalue weighted by Crippen LogP contribution is 2.42. The van der Waals surface area contributed by atoms with E-state index in [-0.39, 0.29) is 0 Å². The Morgan fingerprint density at radius 3 is 1.16 bits per heavy atom. The molecule has 9 fully saturated rings. The van der Waals surface area contributed by atoms with Gasteiger partial charge in [0.15, 0.2) is 50.3 Å². The summed E-state index contributed by atoms with van der Waals surface area (Å²) in [6.45, 7) is -11.2. The minimum atomic E-state index is -3.41. The maximum Gasteiger partial charge on any atom is 0.364 e. The van der Waals surface area contributed by atoms with Crippen molar-refractivity contribution in [3.63, 3.8) is 0 Å². The molecule has 9 saturated heterocycles. The van der Waals surface area contributed by atoms with Crippen LogP contribution in [0.5, 0.6) is 0 Å². The molecule has 0 spiro atoms. The lowest BCUT2D eigenvalue weighted by molar-refractivity contribution is -0.419. The quantitative estimate of drug-likeness (QED) is 0.0297. The summed E-state index contributed by atoms with van der Waals surface area (Å²) in [7, 11) is 0. The van der Waals surface area contributed by atoms with Crippen LogP contribution in [0.4, 0.5) is 0 Å². The van der Waals surface area contributed by atoms with Crippen LogP contribution in [-0.4, -0.2) is 551 Å². The van der Waals surface area contributed by atoms with Crippen molar-refractivity contribution in [2.24, 2.45) is 0 Å². The average molecular weight is 1690 g/mol. The fourth-order valence-corrected chi connectivity index (χ4v) is 14.3. The number of rotatable bonds is 32. The molecule has 0 aromatic heterocycles. The monoisotopic (exact) mass is 1680 g/mol. The number of ether oxygens (including phenoxy) is 17. The maximum absolute atomic E-state index is 12.9. The average Bonchev–Trinajstić information content (AvgIpc) is 0.751. The summed E-state index contributed by atoms with van der Waals surface area (Å²) in [5.74, 6) is -5.61. The van der Waals surface area contributed by atoms with Gasteiger partial charge in [0.1, 0.15) is 244 Å². The first kappa shape index (κ1) is 95.3. The molecule has 9 aliphatic rings. The number of hydrogen-bond donors (Lipinski definition) is 35. The first-order valence-electron chi connectivity index (χ1n) is 35.7. The highest BCUT2D eigenvalue weighted by Gasteiger charge is 2.63. The van der Waals surface area contributed by atoms with Crippen LogP contribution < -0.4 is 0 Å². The van der Waals surface area contributed by atoms with E-state index in [2.05, 4.69) is 0 Å². The van der Waals surface area contributed by atoms with Crippen molar-refractivity contribution in [1.29, 1.82) is 0 Å². The second-order valence-corrected chi connectivity index (χ2v) is 28.7. The highest BCUT2D eigenvalue weighted by atomic mass is 16.8. The van der Waals surface area contributed by atoms with Crippen LogP contribution in [0, 0.1) is 0 Å². The van der Waals surface area contributed by atoms with Gasteiger partial charge in [0, 0.05) is 6.42 Å². The van der Waals surface area contributed by atoms with E-state index < -0.39 is 378 Å². The zero-order chi connectivity index (χ0) is 84.5. The molecule has 0 bridgehead atoms. The summed E-state index contributed by atoms with van der Waals surface area (Å²) in [6, 6.07) is 0. The van der Waals surface area contributed by atoms with E-state index in [0.717, 1.165) is 0 Å². The third-order valence-electron chi connectivity index (χ3n) is 21.0. The number of aliphatic carboxylic acids is 1. The van der Waals surface area contributed by atoms with E-state index in [9.17, 15) is 184 Å². The van der Waals surface area contributed by atoms with Gasteiger partial charge < -0.3 is 259 Å². The molecule has 0 aliphatic carbocycles. The van der Waals surface area contributed by atoms with Gasteiger partial charge in [0.25, 0.3) is 5.79 Å². The number of aliphatic hydroxyl groups excluding tert-OH is 33. The molecule has 0 aromatic rings. The van der Waals surface area contributed by atoms with E-state index >= 15 is 0 Å². The zero-order valence-corrected chi connectivity index (χ0v) is 59.4. The van der Waals surface area contributed by atoms with Gasteiger partial charge in [-0.2, -0.15) is 0 Å². The van der Waals surface area contributed by atoms with Gasteiger partial charge in [0.2, 0.25) is 0 Å². The van der Waals surface area contributed by atoms with E-state index in [1.165, 1.54) is 0 Å². The van der Waals surface area contributed by atoms with Crippen molar-refractivity contribution in [2.45, 2.75) is 313 Å². The summed E-state index contributed by atoms with van der Waals surface area (Å²) in [5, 5.41) is 383. The van der Waals surface area contributed by atoms with Gasteiger partial charge in [-0.3, -0.25) is 0 Å². The minimum Gasteiger partial charge on any atom is -0.477 e. The second-order valence-electron chi connectivity index (χ2n) is 28.7. The first-order chi connectivity index (χ1) is 53.7. The van der Waals surface area contributed by atoms with Crippen LogP contribution in [0.25, 0.3) is 0 Å². The molecule has 53 nitrogen and oxygen atoms in total. The Labute approximate surface area is 640 Å². The molecule has 0 unspecified atom stereocenters. The third kappa shape index (κ3) is 20.0. The smallest absolute Gasteiger partial charge is 0.364 e. The van der Waals surface area contributed by atoms with Gasteiger partial charge in [-0.15, -0.1) is 0 Å². The molecule has 50 atom stereocenters. The summed E-state index contributed by atoms with van der Waals surface area (Å²) < 4.78 is 97.7. The van der Waals surface area contributed by atoms with Crippen LogP contribution >= 0.6 is 0 Å².